The highest BCUT2D eigenvalue weighted by atomic mass is 32.1. The Kier molecular flexibility index (Phi) is 3.91. The van der Waals surface area contributed by atoms with Gasteiger partial charge >= 0.3 is 0 Å². The minimum absolute atomic E-state index is 0.0341. The van der Waals surface area contributed by atoms with E-state index in [1.165, 1.54) is 11.3 Å². The number of hydrogen-bond acceptors (Lipinski definition) is 4. The van der Waals surface area contributed by atoms with Gasteiger partial charge in [0, 0.05) is 18.6 Å². The highest BCUT2D eigenvalue weighted by Crippen LogP contribution is 2.18. The second-order valence-electron chi connectivity index (χ2n) is 4.12. The summed E-state index contributed by atoms with van der Waals surface area (Å²) in [6.07, 6.45) is 7.16. The highest BCUT2D eigenvalue weighted by Gasteiger charge is 2.21. The molecule has 17 heavy (non-hydrogen) atoms. The Morgan fingerprint density at radius 1 is 1.65 bits per heavy atom. The zero-order valence-electron chi connectivity index (χ0n) is 9.72. The lowest BCUT2D eigenvalue weighted by molar-refractivity contribution is 0.0945. The summed E-state index contributed by atoms with van der Waals surface area (Å²) in [5.74, 6) is 0.100. The SMILES string of the molecule is CCc1ncc(C(=O)N[C@@H]2C=C[C@H](CO)C2)s1. The molecule has 0 saturated heterocycles. The normalized spacial score (nSPS) is 22.9. The van der Waals surface area contributed by atoms with Crippen molar-refractivity contribution in [1.29, 1.82) is 0 Å². The lowest BCUT2D eigenvalue weighted by atomic mass is 10.1. The van der Waals surface area contributed by atoms with Crippen LogP contribution in [0.4, 0.5) is 0 Å². The summed E-state index contributed by atoms with van der Waals surface area (Å²) in [5.41, 5.74) is 0. The number of aromatic nitrogens is 1. The van der Waals surface area contributed by atoms with E-state index in [1.807, 2.05) is 19.1 Å². The van der Waals surface area contributed by atoms with Crippen LogP contribution in [0.1, 0.15) is 28.0 Å². The van der Waals surface area contributed by atoms with E-state index in [2.05, 4.69) is 10.3 Å². The zero-order chi connectivity index (χ0) is 12.3. The topological polar surface area (TPSA) is 62.2 Å². The summed E-state index contributed by atoms with van der Waals surface area (Å²) in [4.78, 5) is 16.7. The van der Waals surface area contributed by atoms with Gasteiger partial charge in [-0.25, -0.2) is 4.98 Å². The van der Waals surface area contributed by atoms with Crippen LogP contribution in [0.5, 0.6) is 0 Å². The third kappa shape index (κ3) is 2.92. The van der Waals surface area contributed by atoms with Gasteiger partial charge in [-0.1, -0.05) is 19.1 Å². The number of aryl methyl sites for hydroxylation is 1. The summed E-state index contributed by atoms with van der Waals surface area (Å²) in [6.45, 7) is 2.16. The van der Waals surface area contributed by atoms with Gasteiger partial charge < -0.3 is 10.4 Å². The highest BCUT2D eigenvalue weighted by molar-refractivity contribution is 7.13. The molecule has 0 aromatic carbocycles. The number of aliphatic hydroxyl groups excluding tert-OH is 1. The average Bonchev–Trinajstić information content (AvgIpc) is 2.96. The fourth-order valence-corrected chi connectivity index (χ4v) is 2.60. The second-order valence-corrected chi connectivity index (χ2v) is 5.23. The smallest absolute Gasteiger partial charge is 0.263 e. The Morgan fingerprint density at radius 3 is 3.06 bits per heavy atom. The molecule has 0 aliphatic heterocycles. The fourth-order valence-electron chi connectivity index (χ4n) is 1.84. The number of rotatable bonds is 4. The molecule has 2 N–H and O–H groups in total. The van der Waals surface area contributed by atoms with E-state index in [-0.39, 0.29) is 24.5 Å². The third-order valence-corrected chi connectivity index (χ3v) is 3.94. The average molecular weight is 252 g/mol. The molecule has 4 nitrogen and oxygen atoms in total. The van der Waals surface area contributed by atoms with Gasteiger partial charge in [0.1, 0.15) is 4.88 Å². The molecule has 0 saturated carbocycles. The molecule has 2 atom stereocenters. The maximum Gasteiger partial charge on any atom is 0.263 e. The molecule has 1 aromatic rings. The Balaban J connectivity index is 1.91. The fraction of sp³-hybridized carbons (Fsp3) is 0.500. The van der Waals surface area contributed by atoms with Crippen LogP contribution >= 0.6 is 11.3 Å². The molecule has 2 rings (SSSR count). The second kappa shape index (κ2) is 5.42. The molecule has 1 aliphatic carbocycles. The molecule has 0 radical (unpaired) electrons. The third-order valence-electron chi connectivity index (χ3n) is 2.80. The van der Waals surface area contributed by atoms with Crippen molar-refractivity contribution in [2.75, 3.05) is 6.61 Å². The van der Waals surface area contributed by atoms with Crippen LogP contribution in [0, 0.1) is 5.92 Å². The molecule has 0 spiro atoms. The Labute approximate surface area is 104 Å². The lowest BCUT2D eigenvalue weighted by Crippen LogP contribution is -2.32. The van der Waals surface area contributed by atoms with E-state index < -0.39 is 0 Å². The number of nitrogens with zero attached hydrogens (tertiary/aromatic N) is 1. The number of amides is 1. The molecule has 1 aromatic heterocycles. The van der Waals surface area contributed by atoms with Crippen LogP contribution < -0.4 is 5.32 Å². The van der Waals surface area contributed by atoms with Gasteiger partial charge in [-0.3, -0.25) is 4.79 Å². The van der Waals surface area contributed by atoms with Crippen molar-refractivity contribution in [3.8, 4) is 0 Å². The van der Waals surface area contributed by atoms with Crippen LogP contribution in [-0.2, 0) is 6.42 Å². The first-order valence-electron chi connectivity index (χ1n) is 5.77. The Bertz CT molecular complexity index is 428. The largest absolute Gasteiger partial charge is 0.396 e. The van der Waals surface area contributed by atoms with Crippen molar-refractivity contribution in [1.82, 2.24) is 10.3 Å². The van der Waals surface area contributed by atoms with Crippen LogP contribution in [0.2, 0.25) is 0 Å². The van der Waals surface area contributed by atoms with Crippen molar-refractivity contribution in [3.05, 3.63) is 28.2 Å². The summed E-state index contributed by atoms with van der Waals surface area (Å²) >= 11 is 1.43. The van der Waals surface area contributed by atoms with Gasteiger partial charge in [0.2, 0.25) is 0 Å². The Hall–Kier alpha value is -1.20. The number of thiazole rings is 1. The number of hydrogen-bond donors (Lipinski definition) is 2. The van der Waals surface area contributed by atoms with Gasteiger partial charge in [-0.15, -0.1) is 11.3 Å². The minimum Gasteiger partial charge on any atom is -0.396 e. The van der Waals surface area contributed by atoms with Gasteiger partial charge in [0.15, 0.2) is 0 Å². The molecule has 5 heteroatoms. The molecule has 1 aliphatic rings. The summed E-state index contributed by atoms with van der Waals surface area (Å²) in [6, 6.07) is 0.0341. The van der Waals surface area contributed by atoms with Crippen LogP contribution in [-0.4, -0.2) is 28.6 Å². The van der Waals surface area contributed by atoms with Crippen LogP contribution in [0.25, 0.3) is 0 Å². The lowest BCUT2D eigenvalue weighted by Gasteiger charge is -2.11. The maximum absolute atomic E-state index is 11.9. The van der Waals surface area contributed by atoms with Crippen molar-refractivity contribution in [2.45, 2.75) is 25.8 Å². The molecule has 0 fully saturated rings. The van der Waals surface area contributed by atoms with Gasteiger partial charge in [-0.2, -0.15) is 0 Å². The van der Waals surface area contributed by atoms with E-state index in [0.717, 1.165) is 17.8 Å². The van der Waals surface area contributed by atoms with E-state index in [1.54, 1.807) is 6.20 Å². The molecule has 1 heterocycles. The number of nitrogens with one attached hydrogen (secondary N) is 1. The molecule has 92 valence electrons. The van der Waals surface area contributed by atoms with Crippen molar-refractivity contribution in [2.24, 2.45) is 5.92 Å². The quantitative estimate of drug-likeness (QED) is 0.796. The van der Waals surface area contributed by atoms with E-state index in [4.69, 9.17) is 5.11 Å². The van der Waals surface area contributed by atoms with Gasteiger partial charge in [-0.05, 0) is 12.8 Å². The first kappa shape index (κ1) is 12.3. The minimum atomic E-state index is -0.0737. The van der Waals surface area contributed by atoms with Crippen molar-refractivity contribution in [3.63, 3.8) is 0 Å². The standard InChI is InChI=1S/C12H16N2O2S/c1-2-11-13-6-10(17-11)12(16)14-9-4-3-8(5-9)7-15/h3-4,6,8-9,15H,2,5,7H2,1H3,(H,14,16)/t8-,9+/m0/s1. The predicted octanol–water partition coefficient (Wildman–Crippen LogP) is 1.37. The van der Waals surface area contributed by atoms with Crippen molar-refractivity contribution < 1.29 is 9.90 Å². The van der Waals surface area contributed by atoms with Crippen LogP contribution in [0.3, 0.4) is 0 Å². The number of carbonyl (C=O) groups is 1. The molecule has 0 unspecified atom stereocenters. The first-order chi connectivity index (χ1) is 8.22. The summed E-state index contributed by atoms with van der Waals surface area (Å²) in [5, 5.41) is 12.9. The van der Waals surface area contributed by atoms with E-state index in [0.29, 0.717) is 4.88 Å². The maximum atomic E-state index is 11.9. The monoisotopic (exact) mass is 252 g/mol. The molecular weight excluding hydrogens is 236 g/mol. The predicted molar refractivity (Wildman–Crippen MR) is 67.1 cm³/mol. The molecule has 0 bridgehead atoms. The van der Waals surface area contributed by atoms with Crippen molar-refractivity contribution >= 4 is 17.2 Å². The summed E-state index contributed by atoms with van der Waals surface area (Å²) in [7, 11) is 0. The van der Waals surface area contributed by atoms with E-state index in [9.17, 15) is 4.79 Å². The molecule has 1 amide bonds. The van der Waals surface area contributed by atoms with E-state index >= 15 is 0 Å². The van der Waals surface area contributed by atoms with Gasteiger partial charge in [0.05, 0.1) is 11.2 Å². The number of carbonyl (C=O) groups excluding carboxylic acids is 1. The Morgan fingerprint density at radius 2 is 2.47 bits per heavy atom. The first-order valence-corrected chi connectivity index (χ1v) is 6.59. The van der Waals surface area contributed by atoms with Gasteiger partial charge in [0.25, 0.3) is 5.91 Å². The van der Waals surface area contributed by atoms with Crippen LogP contribution in [0.15, 0.2) is 18.3 Å². The summed E-state index contributed by atoms with van der Waals surface area (Å²) < 4.78 is 0. The zero-order valence-corrected chi connectivity index (χ0v) is 10.5. The molecular formula is C12H16N2O2S. The number of aliphatic hydroxyl groups is 1.